The summed E-state index contributed by atoms with van der Waals surface area (Å²) in [5.74, 6) is 0.0674. The minimum atomic E-state index is 0.0674. The molecule has 0 spiro atoms. The van der Waals surface area contributed by atoms with E-state index in [1.807, 2.05) is 19.3 Å². The van der Waals surface area contributed by atoms with Crippen molar-refractivity contribution >= 4 is 5.91 Å². The lowest BCUT2D eigenvalue weighted by Crippen LogP contribution is -2.26. The van der Waals surface area contributed by atoms with Gasteiger partial charge in [0.25, 0.3) is 0 Å². The van der Waals surface area contributed by atoms with Crippen molar-refractivity contribution in [2.75, 3.05) is 27.3 Å². The molecule has 0 radical (unpaired) electrons. The van der Waals surface area contributed by atoms with E-state index in [4.69, 9.17) is 4.74 Å². The number of rotatable bonds is 7. The number of amides is 1. The molecule has 0 fully saturated rings. The standard InChI is InChI=1S/C9H18N2O2/c1-10-6-4-3-5-9(12)11-7-8-13-2/h4,6,10H,3,5,7-8H2,1-2H3,(H,11,12)/b6-4+. The predicted molar refractivity (Wildman–Crippen MR) is 52.3 cm³/mol. The summed E-state index contributed by atoms with van der Waals surface area (Å²) in [4.78, 5) is 11.1. The SMILES string of the molecule is CN/C=C/CCC(=O)NCCOC. The second kappa shape index (κ2) is 9.06. The molecule has 0 aromatic rings. The Kier molecular flexibility index (Phi) is 8.34. The molecule has 0 saturated heterocycles. The minimum Gasteiger partial charge on any atom is -0.394 e. The number of carbonyl (C=O) groups is 1. The molecular formula is C9H18N2O2. The number of hydrogen-bond donors (Lipinski definition) is 2. The minimum absolute atomic E-state index is 0.0674. The molecule has 0 saturated carbocycles. The van der Waals surface area contributed by atoms with Gasteiger partial charge in [-0.1, -0.05) is 6.08 Å². The molecule has 1 amide bonds. The molecule has 0 aliphatic heterocycles. The van der Waals surface area contributed by atoms with Crippen LogP contribution in [0.15, 0.2) is 12.3 Å². The number of nitrogens with one attached hydrogen (secondary N) is 2. The Morgan fingerprint density at radius 3 is 2.92 bits per heavy atom. The van der Waals surface area contributed by atoms with Crippen LogP contribution in [0.3, 0.4) is 0 Å². The van der Waals surface area contributed by atoms with E-state index < -0.39 is 0 Å². The Bertz CT molecular complexity index is 158. The molecule has 4 heteroatoms. The van der Waals surface area contributed by atoms with E-state index in [2.05, 4.69) is 10.6 Å². The van der Waals surface area contributed by atoms with Gasteiger partial charge >= 0.3 is 0 Å². The lowest BCUT2D eigenvalue weighted by molar-refractivity contribution is -0.121. The number of methoxy groups -OCH3 is 1. The van der Waals surface area contributed by atoms with Crippen molar-refractivity contribution in [2.24, 2.45) is 0 Å². The van der Waals surface area contributed by atoms with Gasteiger partial charge in [0.2, 0.25) is 5.91 Å². The van der Waals surface area contributed by atoms with Crippen molar-refractivity contribution in [3.63, 3.8) is 0 Å². The van der Waals surface area contributed by atoms with E-state index in [0.717, 1.165) is 6.42 Å². The second-order valence-corrected chi connectivity index (χ2v) is 2.57. The molecule has 0 bridgehead atoms. The highest BCUT2D eigenvalue weighted by molar-refractivity contribution is 5.75. The van der Waals surface area contributed by atoms with Crippen molar-refractivity contribution < 1.29 is 9.53 Å². The molecule has 0 aliphatic rings. The smallest absolute Gasteiger partial charge is 0.220 e. The molecule has 0 heterocycles. The van der Waals surface area contributed by atoms with E-state index in [1.54, 1.807) is 7.11 Å². The van der Waals surface area contributed by atoms with Gasteiger partial charge in [0, 0.05) is 27.1 Å². The molecule has 13 heavy (non-hydrogen) atoms. The first-order valence-electron chi connectivity index (χ1n) is 4.39. The maximum absolute atomic E-state index is 11.1. The Morgan fingerprint density at radius 1 is 1.54 bits per heavy atom. The molecule has 0 aliphatic carbocycles. The van der Waals surface area contributed by atoms with Crippen molar-refractivity contribution in [3.8, 4) is 0 Å². The van der Waals surface area contributed by atoms with E-state index in [-0.39, 0.29) is 5.91 Å². The van der Waals surface area contributed by atoms with Crippen LogP contribution in [0.4, 0.5) is 0 Å². The Hall–Kier alpha value is -1.03. The Labute approximate surface area is 79.3 Å². The molecule has 0 aromatic carbocycles. The summed E-state index contributed by atoms with van der Waals surface area (Å²) in [6.07, 6.45) is 5.04. The normalized spacial score (nSPS) is 10.3. The van der Waals surface area contributed by atoms with Crippen LogP contribution >= 0.6 is 0 Å². The summed E-state index contributed by atoms with van der Waals surface area (Å²) in [7, 11) is 3.44. The van der Waals surface area contributed by atoms with Gasteiger partial charge in [-0.15, -0.1) is 0 Å². The number of allylic oxidation sites excluding steroid dienone is 1. The van der Waals surface area contributed by atoms with Crippen LogP contribution in [-0.4, -0.2) is 33.2 Å². The van der Waals surface area contributed by atoms with E-state index in [1.165, 1.54) is 0 Å². The van der Waals surface area contributed by atoms with Crippen LogP contribution < -0.4 is 10.6 Å². The molecule has 76 valence electrons. The van der Waals surface area contributed by atoms with Crippen LogP contribution in [0.1, 0.15) is 12.8 Å². The average molecular weight is 186 g/mol. The number of ether oxygens (including phenoxy) is 1. The first kappa shape index (κ1) is 12.0. The van der Waals surface area contributed by atoms with Gasteiger partial charge in [0.05, 0.1) is 6.61 Å². The third-order valence-electron chi connectivity index (χ3n) is 1.45. The maximum Gasteiger partial charge on any atom is 0.220 e. The average Bonchev–Trinajstić information content (AvgIpc) is 2.13. The highest BCUT2D eigenvalue weighted by Gasteiger charge is 1.96. The fraction of sp³-hybridized carbons (Fsp3) is 0.667. The lowest BCUT2D eigenvalue weighted by Gasteiger charge is -2.02. The summed E-state index contributed by atoms with van der Waals surface area (Å²) in [6, 6.07) is 0. The van der Waals surface area contributed by atoms with Crippen molar-refractivity contribution in [1.29, 1.82) is 0 Å². The number of carbonyl (C=O) groups excluding carboxylic acids is 1. The molecule has 0 atom stereocenters. The van der Waals surface area contributed by atoms with Gasteiger partial charge in [0.1, 0.15) is 0 Å². The second-order valence-electron chi connectivity index (χ2n) is 2.57. The van der Waals surface area contributed by atoms with Gasteiger partial charge in [-0.2, -0.15) is 0 Å². The zero-order chi connectivity index (χ0) is 9.94. The van der Waals surface area contributed by atoms with Crippen LogP contribution in [0.5, 0.6) is 0 Å². The fourth-order valence-corrected chi connectivity index (χ4v) is 0.797. The quantitative estimate of drug-likeness (QED) is 0.561. The number of hydrogen-bond acceptors (Lipinski definition) is 3. The van der Waals surface area contributed by atoms with Crippen LogP contribution in [0.2, 0.25) is 0 Å². The zero-order valence-electron chi connectivity index (χ0n) is 8.30. The van der Waals surface area contributed by atoms with Gasteiger partial charge in [0.15, 0.2) is 0 Å². The molecule has 4 nitrogen and oxygen atoms in total. The Balaban J connectivity index is 3.25. The fourth-order valence-electron chi connectivity index (χ4n) is 0.797. The predicted octanol–water partition coefficient (Wildman–Crippen LogP) is 0.262. The molecule has 0 unspecified atom stereocenters. The van der Waals surface area contributed by atoms with E-state index in [0.29, 0.717) is 19.6 Å². The van der Waals surface area contributed by atoms with Gasteiger partial charge < -0.3 is 15.4 Å². The molecular weight excluding hydrogens is 168 g/mol. The van der Waals surface area contributed by atoms with Crippen LogP contribution in [0.25, 0.3) is 0 Å². The monoisotopic (exact) mass is 186 g/mol. The zero-order valence-corrected chi connectivity index (χ0v) is 8.30. The summed E-state index contributed by atoms with van der Waals surface area (Å²) in [5.41, 5.74) is 0. The molecule has 0 aromatic heterocycles. The lowest BCUT2D eigenvalue weighted by atomic mass is 10.3. The highest BCUT2D eigenvalue weighted by atomic mass is 16.5. The van der Waals surface area contributed by atoms with Crippen molar-refractivity contribution in [1.82, 2.24) is 10.6 Å². The van der Waals surface area contributed by atoms with Gasteiger partial charge in [-0.3, -0.25) is 4.79 Å². The third-order valence-corrected chi connectivity index (χ3v) is 1.45. The molecule has 2 N–H and O–H groups in total. The maximum atomic E-state index is 11.1. The van der Waals surface area contributed by atoms with Crippen molar-refractivity contribution in [3.05, 3.63) is 12.3 Å². The van der Waals surface area contributed by atoms with Gasteiger partial charge in [-0.05, 0) is 12.6 Å². The summed E-state index contributed by atoms with van der Waals surface area (Å²) >= 11 is 0. The topological polar surface area (TPSA) is 50.4 Å². The molecule has 0 rings (SSSR count). The van der Waals surface area contributed by atoms with Crippen molar-refractivity contribution in [2.45, 2.75) is 12.8 Å². The largest absolute Gasteiger partial charge is 0.394 e. The van der Waals surface area contributed by atoms with Gasteiger partial charge in [-0.25, -0.2) is 0 Å². The van der Waals surface area contributed by atoms with Crippen LogP contribution in [-0.2, 0) is 9.53 Å². The first-order chi connectivity index (χ1) is 6.31. The Morgan fingerprint density at radius 2 is 2.31 bits per heavy atom. The van der Waals surface area contributed by atoms with E-state index >= 15 is 0 Å². The summed E-state index contributed by atoms with van der Waals surface area (Å²) < 4.78 is 4.80. The first-order valence-corrected chi connectivity index (χ1v) is 4.39. The van der Waals surface area contributed by atoms with Crippen LogP contribution in [0, 0.1) is 0 Å². The third kappa shape index (κ3) is 8.88. The summed E-state index contributed by atoms with van der Waals surface area (Å²) in [5, 5.41) is 5.60. The summed E-state index contributed by atoms with van der Waals surface area (Å²) in [6.45, 7) is 1.16. The van der Waals surface area contributed by atoms with E-state index in [9.17, 15) is 4.79 Å². The highest BCUT2D eigenvalue weighted by Crippen LogP contribution is 1.89.